The highest BCUT2D eigenvalue weighted by Gasteiger charge is 2.11. The number of carbonyl (C=O) groups excluding carboxylic acids is 2. The number of esters is 1. The van der Waals surface area contributed by atoms with Gasteiger partial charge in [-0.3, -0.25) is 4.79 Å². The highest BCUT2D eigenvalue weighted by atomic mass is 35.5. The van der Waals surface area contributed by atoms with E-state index in [1.54, 1.807) is 12.1 Å². The van der Waals surface area contributed by atoms with Crippen molar-refractivity contribution >= 4 is 29.2 Å². The van der Waals surface area contributed by atoms with Crippen molar-refractivity contribution in [1.82, 2.24) is 0 Å². The summed E-state index contributed by atoms with van der Waals surface area (Å²) in [6.45, 7) is 2.84. The van der Waals surface area contributed by atoms with Gasteiger partial charge in [0.25, 0.3) is 5.91 Å². The summed E-state index contributed by atoms with van der Waals surface area (Å²) in [4.78, 5) is 23.4. The number of amides is 1. The number of halogens is 2. The molecule has 0 heterocycles. The molecule has 1 N–H and O–H groups in total. The minimum Gasteiger partial charge on any atom is -0.481 e. The van der Waals surface area contributed by atoms with Gasteiger partial charge in [0.1, 0.15) is 11.6 Å². The van der Waals surface area contributed by atoms with Crippen molar-refractivity contribution in [2.45, 2.75) is 13.8 Å². The van der Waals surface area contributed by atoms with Crippen LogP contribution in [0.15, 0.2) is 36.4 Å². The van der Waals surface area contributed by atoms with Gasteiger partial charge in [-0.15, -0.1) is 0 Å². The molecule has 2 aromatic carbocycles. The minimum atomic E-state index is -0.678. The molecule has 0 saturated heterocycles. The van der Waals surface area contributed by atoms with Crippen LogP contribution >= 0.6 is 11.6 Å². The second-order valence-corrected chi connectivity index (χ2v) is 5.81. The third-order valence-corrected chi connectivity index (χ3v) is 3.47. The molecule has 0 aliphatic heterocycles. The lowest BCUT2D eigenvalue weighted by Crippen LogP contribution is -2.23. The van der Waals surface area contributed by atoms with Gasteiger partial charge in [-0.05, 0) is 61.4 Å². The van der Waals surface area contributed by atoms with Crippen LogP contribution in [0.25, 0.3) is 0 Å². The topological polar surface area (TPSA) is 64.6 Å². The molecule has 0 aromatic heterocycles. The van der Waals surface area contributed by atoms with Crippen LogP contribution in [0.3, 0.4) is 0 Å². The Morgan fingerprint density at radius 2 is 1.68 bits per heavy atom. The number of ether oxygens (including phenoxy) is 2. The second-order valence-electron chi connectivity index (χ2n) is 5.37. The predicted molar refractivity (Wildman–Crippen MR) is 92.4 cm³/mol. The molecule has 0 atom stereocenters. The average Bonchev–Trinajstić information content (AvgIpc) is 2.54. The van der Waals surface area contributed by atoms with Gasteiger partial charge in [-0.1, -0.05) is 11.6 Å². The zero-order chi connectivity index (χ0) is 18.4. The summed E-state index contributed by atoms with van der Waals surface area (Å²) in [5.74, 6) is -1.06. The summed E-state index contributed by atoms with van der Waals surface area (Å²) in [5, 5.41) is 3.07. The van der Waals surface area contributed by atoms with Crippen LogP contribution in [0.5, 0.6) is 5.75 Å². The predicted octanol–water partition coefficient (Wildman–Crippen LogP) is 3.66. The maximum atomic E-state index is 12.8. The smallest absolute Gasteiger partial charge is 0.344 e. The molecular formula is C18H17ClFNO4. The van der Waals surface area contributed by atoms with Crippen molar-refractivity contribution in [2.24, 2.45) is 0 Å². The fraction of sp³-hybridized carbons (Fsp3) is 0.222. The SMILES string of the molecule is Cc1cc(Cl)cc(C)c1OCC(=O)OCC(=O)Nc1ccc(F)cc1. The van der Waals surface area contributed by atoms with Crippen molar-refractivity contribution in [3.05, 3.63) is 58.4 Å². The number of benzene rings is 2. The zero-order valence-electron chi connectivity index (χ0n) is 13.8. The molecule has 132 valence electrons. The maximum Gasteiger partial charge on any atom is 0.344 e. The molecule has 0 spiro atoms. The van der Waals surface area contributed by atoms with Gasteiger partial charge in [-0.2, -0.15) is 0 Å². The van der Waals surface area contributed by atoms with E-state index < -0.39 is 24.3 Å². The lowest BCUT2D eigenvalue weighted by molar-refractivity contribution is -0.149. The van der Waals surface area contributed by atoms with E-state index in [9.17, 15) is 14.0 Å². The molecular weight excluding hydrogens is 349 g/mol. The lowest BCUT2D eigenvalue weighted by atomic mass is 10.1. The Morgan fingerprint density at radius 1 is 1.08 bits per heavy atom. The van der Waals surface area contributed by atoms with Gasteiger partial charge in [-0.25, -0.2) is 9.18 Å². The summed E-state index contributed by atoms with van der Waals surface area (Å²) >= 11 is 5.93. The zero-order valence-corrected chi connectivity index (χ0v) is 14.5. The van der Waals surface area contributed by atoms with E-state index in [0.29, 0.717) is 16.5 Å². The fourth-order valence-electron chi connectivity index (χ4n) is 2.17. The first kappa shape index (κ1) is 18.7. The molecule has 2 aromatic rings. The summed E-state index contributed by atoms with van der Waals surface area (Å²) in [7, 11) is 0. The number of hydrogen-bond acceptors (Lipinski definition) is 4. The van der Waals surface area contributed by atoms with E-state index in [0.717, 1.165) is 11.1 Å². The highest BCUT2D eigenvalue weighted by Crippen LogP contribution is 2.26. The fourth-order valence-corrected chi connectivity index (χ4v) is 2.50. The van der Waals surface area contributed by atoms with Crippen molar-refractivity contribution in [3.8, 4) is 5.75 Å². The van der Waals surface area contributed by atoms with Crippen molar-refractivity contribution < 1.29 is 23.5 Å². The van der Waals surface area contributed by atoms with E-state index in [-0.39, 0.29) is 6.61 Å². The summed E-state index contributed by atoms with van der Waals surface area (Å²) in [6.07, 6.45) is 0. The van der Waals surface area contributed by atoms with Crippen molar-refractivity contribution in [1.29, 1.82) is 0 Å². The van der Waals surface area contributed by atoms with Gasteiger partial charge in [0.15, 0.2) is 13.2 Å². The van der Waals surface area contributed by atoms with E-state index >= 15 is 0 Å². The highest BCUT2D eigenvalue weighted by molar-refractivity contribution is 6.30. The quantitative estimate of drug-likeness (QED) is 0.793. The molecule has 5 nitrogen and oxygen atoms in total. The third kappa shape index (κ3) is 5.76. The molecule has 0 unspecified atom stereocenters. The van der Waals surface area contributed by atoms with Gasteiger partial charge >= 0.3 is 5.97 Å². The van der Waals surface area contributed by atoms with Crippen LogP contribution in [-0.4, -0.2) is 25.1 Å². The van der Waals surface area contributed by atoms with Crippen LogP contribution in [0.4, 0.5) is 10.1 Å². The Morgan fingerprint density at radius 3 is 2.28 bits per heavy atom. The largest absolute Gasteiger partial charge is 0.481 e. The first-order chi connectivity index (χ1) is 11.8. The summed E-state index contributed by atoms with van der Waals surface area (Å²) in [5.41, 5.74) is 2.00. The van der Waals surface area contributed by atoms with Crippen LogP contribution in [0.2, 0.25) is 5.02 Å². The Kier molecular flexibility index (Phi) is 6.36. The number of aryl methyl sites for hydroxylation is 2. The maximum absolute atomic E-state index is 12.8. The first-order valence-corrected chi connectivity index (χ1v) is 7.83. The van der Waals surface area contributed by atoms with Crippen molar-refractivity contribution in [3.63, 3.8) is 0 Å². The van der Waals surface area contributed by atoms with E-state index in [1.807, 2.05) is 13.8 Å². The number of anilines is 1. The summed E-state index contributed by atoms with van der Waals surface area (Å²) < 4.78 is 23.1. The summed E-state index contributed by atoms with van der Waals surface area (Å²) in [6, 6.07) is 8.70. The lowest BCUT2D eigenvalue weighted by Gasteiger charge is -2.12. The monoisotopic (exact) mass is 365 g/mol. The molecule has 0 aliphatic carbocycles. The van der Waals surface area contributed by atoms with Crippen LogP contribution < -0.4 is 10.1 Å². The molecule has 7 heteroatoms. The van der Waals surface area contributed by atoms with Gasteiger partial charge in [0.05, 0.1) is 0 Å². The normalized spacial score (nSPS) is 10.2. The molecule has 1 amide bonds. The Hall–Kier alpha value is -2.60. The van der Waals surface area contributed by atoms with Gasteiger partial charge in [0.2, 0.25) is 0 Å². The van der Waals surface area contributed by atoms with E-state index in [2.05, 4.69) is 5.32 Å². The number of hydrogen-bond donors (Lipinski definition) is 1. The molecule has 0 aliphatic rings. The number of carbonyl (C=O) groups is 2. The number of rotatable bonds is 6. The van der Waals surface area contributed by atoms with Crippen LogP contribution in [0.1, 0.15) is 11.1 Å². The Balaban J connectivity index is 1.79. The third-order valence-electron chi connectivity index (χ3n) is 3.25. The molecule has 25 heavy (non-hydrogen) atoms. The Bertz CT molecular complexity index is 754. The molecule has 0 fully saturated rings. The van der Waals surface area contributed by atoms with Crippen LogP contribution in [-0.2, 0) is 14.3 Å². The standard InChI is InChI=1S/C18H17ClFNO4/c1-11-7-13(19)8-12(2)18(11)25-10-17(23)24-9-16(22)21-15-5-3-14(20)4-6-15/h3-8H,9-10H2,1-2H3,(H,21,22). The number of nitrogens with one attached hydrogen (secondary N) is 1. The molecule has 0 bridgehead atoms. The van der Waals surface area contributed by atoms with Gasteiger partial charge < -0.3 is 14.8 Å². The minimum absolute atomic E-state index is 0.326. The average molecular weight is 366 g/mol. The van der Waals surface area contributed by atoms with Gasteiger partial charge in [0, 0.05) is 10.7 Å². The van der Waals surface area contributed by atoms with E-state index in [4.69, 9.17) is 21.1 Å². The molecule has 0 radical (unpaired) electrons. The van der Waals surface area contributed by atoms with E-state index in [1.165, 1.54) is 24.3 Å². The molecule has 2 rings (SSSR count). The second kappa shape index (κ2) is 8.48. The van der Waals surface area contributed by atoms with Crippen LogP contribution in [0, 0.1) is 19.7 Å². The molecule has 0 saturated carbocycles. The van der Waals surface area contributed by atoms with Crippen molar-refractivity contribution in [2.75, 3.05) is 18.5 Å². The Labute approximate surface area is 149 Å². The first-order valence-electron chi connectivity index (χ1n) is 7.45.